The Labute approximate surface area is 238 Å². The number of benzene rings is 2. The highest BCUT2D eigenvalue weighted by Gasteiger charge is 2.53. The molecular formula is C32H44N4O4. The van der Waals surface area contributed by atoms with Gasteiger partial charge in [-0.3, -0.25) is 24.6 Å². The molecule has 0 saturated carbocycles. The first-order chi connectivity index (χ1) is 18.7. The van der Waals surface area contributed by atoms with Gasteiger partial charge in [-0.15, -0.1) is 0 Å². The second-order valence-corrected chi connectivity index (χ2v) is 12.2. The van der Waals surface area contributed by atoms with Crippen molar-refractivity contribution in [2.24, 2.45) is 10.8 Å². The van der Waals surface area contributed by atoms with Crippen LogP contribution in [-0.4, -0.2) is 41.9 Å². The van der Waals surface area contributed by atoms with Gasteiger partial charge >= 0.3 is 6.03 Å². The third-order valence-corrected chi connectivity index (χ3v) is 8.75. The molecule has 5 rings (SSSR count). The number of hydrogen-bond acceptors (Lipinski definition) is 4. The molecule has 216 valence electrons. The number of nitrogens with one attached hydrogen (secondary N) is 3. The molecule has 0 unspecified atom stereocenters. The highest BCUT2D eigenvalue weighted by atomic mass is 16.2. The van der Waals surface area contributed by atoms with Crippen LogP contribution in [-0.2, 0) is 33.6 Å². The SMILES string of the molecule is CC.CNC(=O)C(C)(C)N1C(=O)C(C)(C)C(C)(C)Cc2ccccc21.O=C1NC(=O)C2(Cc3ccccc3C2)N1. The van der Waals surface area contributed by atoms with E-state index in [-0.39, 0.29) is 29.2 Å². The van der Waals surface area contributed by atoms with Crippen LogP contribution in [0.2, 0.25) is 0 Å². The minimum atomic E-state index is -0.959. The molecule has 3 aliphatic rings. The molecule has 8 nitrogen and oxygen atoms in total. The number of imide groups is 1. The molecule has 2 aromatic rings. The van der Waals surface area contributed by atoms with Crippen molar-refractivity contribution < 1.29 is 19.2 Å². The maximum atomic E-state index is 13.5. The Balaban J connectivity index is 0.000000222. The van der Waals surface area contributed by atoms with Gasteiger partial charge in [0.05, 0.1) is 0 Å². The molecule has 1 aliphatic carbocycles. The Hall–Kier alpha value is -3.68. The van der Waals surface area contributed by atoms with Crippen LogP contribution in [0, 0.1) is 10.8 Å². The quantitative estimate of drug-likeness (QED) is 0.479. The van der Waals surface area contributed by atoms with Crippen LogP contribution in [0.25, 0.3) is 0 Å². The minimum absolute atomic E-state index is 0.0129. The zero-order chi connectivity index (χ0) is 30.1. The van der Waals surface area contributed by atoms with E-state index in [0.29, 0.717) is 12.8 Å². The Kier molecular flexibility index (Phi) is 8.53. The van der Waals surface area contributed by atoms with Crippen LogP contribution in [0.4, 0.5) is 10.5 Å². The molecule has 1 fully saturated rings. The number of carbonyl (C=O) groups excluding carboxylic acids is 4. The lowest BCUT2D eigenvalue weighted by atomic mass is 9.65. The van der Waals surface area contributed by atoms with Gasteiger partial charge in [-0.2, -0.15) is 0 Å². The van der Waals surface area contributed by atoms with E-state index >= 15 is 0 Å². The van der Waals surface area contributed by atoms with Gasteiger partial charge < -0.3 is 10.6 Å². The van der Waals surface area contributed by atoms with Crippen molar-refractivity contribution in [2.45, 2.75) is 85.7 Å². The first-order valence-electron chi connectivity index (χ1n) is 14.0. The summed E-state index contributed by atoms with van der Waals surface area (Å²) in [7, 11) is 1.60. The molecule has 0 radical (unpaired) electrons. The number of hydrogen-bond donors (Lipinski definition) is 3. The van der Waals surface area contributed by atoms with E-state index in [1.54, 1.807) is 25.8 Å². The van der Waals surface area contributed by atoms with Gasteiger partial charge in [0.1, 0.15) is 11.1 Å². The van der Waals surface area contributed by atoms with E-state index in [1.165, 1.54) is 0 Å². The molecule has 1 saturated heterocycles. The molecule has 2 heterocycles. The topological polar surface area (TPSA) is 108 Å². The largest absolute Gasteiger partial charge is 0.357 e. The normalized spacial score (nSPS) is 19.5. The summed E-state index contributed by atoms with van der Waals surface area (Å²) in [4.78, 5) is 50.4. The molecule has 0 aromatic heterocycles. The predicted octanol–water partition coefficient (Wildman–Crippen LogP) is 4.54. The van der Waals surface area contributed by atoms with Gasteiger partial charge in [0.2, 0.25) is 11.8 Å². The summed E-state index contributed by atoms with van der Waals surface area (Å²) in [5.41, 5.74) is 1.76. The zero-order valence-electron chi connectivity index (χ0n) is 25.3. The average molecular weight is 549 g/mol. The summed E-state index contributed by atoms with van der Waals surface area (Å²) >= 11 is 0. The van der Waals surface area contributed by atoms with Crippen molar-refractivity contribution in [1.29, 1.82) is 0 Å². The van der Waals surface area contributed by atoms with Crippen LogP contribution in [0.3, 0.4) is 0 Å². The summed E-state index contributed by atoms with van der Waals surface area (Å²) in [6.07, 6.45) is 1.99. The van der Waals surface area contributed by atoms with Crippen molar-refractivity contribution in [3.63, 3.8) is 0 Å². The molecule has 5 amide bonds. The standard InChI is InChI=1S/C19H28N2O2.C11H10N2O2.C2H6/c1-17(2)12-13-10-8-9-11-14(13)21(16(23)18(17,3)4)19(5,6)15(22)20-7;14-9-11(13-10(15)12-9)5-7-3-1-2-4-8(7)6-11;1-2/h8-11H,12H2,1-7H3,(H,20,22);1-4H,5-6H2,(H2,12,13,14,15);1-2H3. The van der Waals surface area contributed by atoms with Crippen molar-refractivity contribution >= 4 is 29.4 Å². The summed E-state index contributed by atoms with van der Waals surface area (Å²) < 4.78 is 0. The van der Waals surface area contributed by atoms with Crippen LogP contribution in [0.5, 0.6) is 0 Å². The Morgan fingerprint density at radius 3 is 1.82 bits per heavy atom. The fourth-order valence-corrected chi connectivity index (χ4v) is 5.61. The smallest absolute Gasteiger partial charge is 0.322 e. The Morgan fingerprint density at radius 2 is 1.35 bits per heavy atom. The predicted molar refractivity (Wildman–Crippen MR) is 158 cm³/mol. The zero-order valence-corrected chi connectivity index (χ0v) is 25.3. The maximum absolute atomic E-state index is 13.5. The molecule has 2 aromatic carbocycles. The van der Waals surface area contributed by atoms with Gasteiger partial charge in [0, 0.05) is 31.0 Å². The number of anilines is 1. The molecule has 0 bridgehead atoms. The van der Waals surface area contributed by atoms with Crippen molar-refractivity contribution in [1.82, 2.24) is 16.0 Å². The average Bonchev–Trinajstić information content (AvgIpc) is 3.40. The summed E-state index contributed by atoms with van der Waals surface area (Å²) in [5.74, 6) is -0.388. The monoisotopic (exact) mass is 548 g/mol. The number of rotatable bonds is 2. The number of likely N-dealkylation sites (N-methyl/N-ethyl adjacent to an activating group) is 1. The Bertz CT molecular complexity index is 1290. The Morgan fingerprint density at radius 1 is 0.850 bits per heavy atom. The van der Waals surface area contributed by atoms with E-state index in [4.69, 9.17) is 0 Å². The molecule has 8 heteroatoms. The van der Waals surface area contributed by atoms with E-state index in [1.807, 2.05) is 70.2 Å². The van der Waals surface area contributed by atoms with E-state index < -0.39 is 16.5 Å². The van der Waals surface area contributed by atoms with Gasteiger partial charge in [-0.1, -0.05) is 84.0 Å². The molecule has 2 aliphatic heterocycles. The molecule has 3 N–H and O–H groups in total. The van der Waals surface area contributed by atoms with Gasteiger partial charge in [-0.05, 0) is 48.4 Å². The molecule has 40 heavy (non-hydrogen) atoms. The summed E-state index contributed by atoms with van der Waals surface area (Å²) in [6, 6.07) is 15.4. The van der Waals surface area contributed by atoms with Crippen LogP contribution >= 0.6 is 0 Å². The lowest BCUT2D eigenvalue weighted by molar-refractivity contribution is -0.136. The van der Waals surface area contributed by atoms with E-state index in [2.05, 4.69) is 35.9 Å². The molecule has 0 atom stereocenters. The number of amides is 5. The first kappa shape index (κ1) is 30.9. The minimum Gasteiger partial charge on any atom is -0.357 e. The third kappa shape index (κ3) is 5.23. The van der Waals surface area contributed by atoms with Crippen LogP contribution < -0.4 is 20.9 Å². The van der Waals surface area contributed by atoms with Gasteiger partial charge in [-0.25, -0.2) is 4.79 Å². The fourth-order valence-electron chi connectivity index (χ4n) is 5.61. The summed E-state index contributed by atoms with van der Waals surface area (Å²) in [6.45, 7) is 15.8. The second kappa shape index (κ2) is 11.1. The maximum Gasteiger partial charge on any atom is 0.322 e. The van der Waals surface area contributed by atoms with Gasteiger partial charge in [0.15, 0.2) is 0 Å². The number of nitrogens with zero attached hydrogens (tertiary/aromatic N) is 1. The number of para-hydroxylation sites is 1. The second-order valence-electron chi connectivity index (χ2n) is 12.2. The highest BCUT2D eigenvalue weighted by Crippen LogP contribution is 2.49. The van der Waals surface area contributed by atoms with Crippen LogP contribution in [0.1, 0.15) is 72.1 Å². The lowest BCUT2D eigenvalue weighted by Crippen LogP contribution is -2.60. The molecule has 1 spiro atoms. The lowest BCUT2D eigenvalue weighted by Gasteiger charge is -2.44. The summed E-state index contributed by atoms with van der Waals surface area (Å²) in [5, 5.41) is 7.71. The van der Waals surface area contributed by atoms with E-state index in [9.17, 15) is 19.2 Å². The van der Waals surface area contributed by atoms with Crippen LogP contribution in [0.15, 0.2) is 48.5 Å². The van der Waals surface area contributed by atoms with Crippen molar-refractivity contribution in [3.8, 4) is 0 Å². The first-order valence-corrected chi connectivity index (χ1v) is 14.0. The fraction of sp³-hybridized carbons (Fsp3) is 0.500. The third-order valence-electron chi connectivity index (χ3n) is 8.75. The van der Waals surface area contributed by atoms with Gasteiger partial charge in [0.25, 0.3) is 5.91 Å². The number of fused-ring (bicyclic) bond motifs is 2. The van der Waals surface area contributed by atoms with Crippen molar-refractivity contribution in [2.75, 3.05) is 11.9 Å². The highest BCUT2D eigenvalue weighted by molar-refractivity contribution is 6.08. The van der Waals surface area contributed by atoms with Crippen molar-refractivity contribution in [3.05, 3.63) is 65.2 Å². The number of urea groups is 1. The number of carbonyl (C=O) groups is 4. The molecular weight excluding hydrogens is 504 g/mol. The van der Waals surface area contributed by atoms with E-state index in [0.717, 1.165) is 28.8 Å².